The number of nitrogens with zero attached hydrogens (tertiary/aromatic N) is 1. The third kappa shape index (κ3) is 2.51. The molecule has 0 aliphatic carbocycles. The van der Waals surface area contributed by atoms with Crippen LogP contribution in [-0.4, -0.2) is 22.5 Å². The van der Waals surface area contributed by atoms with Crippen LogP contribution in [0.15, 0.2) is 29.5 Å². The summed E-state index contributed by atoms with van der Waals surface area (Å²) >= 11 is 11.0. The molecule has 1 aromatic rings. The van der Waals surface area contributed by atoms with Crippen LogP contribution in [0, 0.1) is 0 Å². The fourth-order valence-corrected chi connectivity index (χ4v) is 2.84. The molecule has 0 saturated carbocycles. The summed E-state index contributed by atoms with van der Waals surface area (Å²) in [6.07, 6.45) is 1.03. The number of aliphatic hydroxyl groups is 1. The number of nitrogens with two attached hydrogens (primary N) is 1. The quantitative estimate of drug-likeness (QED) is 0.842. The van der Waals surface area contributed by atoms with Crippen molar-refractivity contribution in [1.82, 2.24) is 0 Å². The summed E-state index contributed by atoms with van der Waals surface area (Å²) in [6, 6.07) is 5.42. The van der Waals surface area contributed by atoms with E-state index in [9.17, 15) is 9.90 Å². The number of aliphatic hydroxyl groups excluding tert-OH is 1. The van der Waals surface area contributed by atoms with E-state index in [1.807, 2.05) is 13.0 Å². The van der Waals surface area contributed by atoms with E-state index in [1.165, 1.54) is 0 Å². The lowest BCUT2D eigenvalue weighted by molar-refractivity contribution is -0.115. The van der Waals surface area contributed by atoms with Crippen LogP contribution in [0.25, 0.3) is 0 Å². The number of hydrogen-bond donors (Lipinski definition) is 2. The highest BCUT2D eigenvalue weighted by Gasteiger charge is 2.31. The van der Waals surface area contributed by atoms with Crippen LogP contribution in [-0.2, 0) is 11.2 Å². The Morgan fingerprint density at radius 1 is 1.55 bits per heavy atom. The summed E-state index contributed by atoms with van der Waals surface area (Å²) < 4.78 is 0. The zero-order valence-electron chi connectivity index (χ0n) is 11.0. The number of halogens is 1. The second kappa shape index (κ2) is 5.81. The highest BCUT2D eigenvalue weighted by molar-refractivity contribution is 7.80. The van der Waals surface area contributed by atoms with Gasteiger partial charge in [0.25, 0.3) is 5.91 Å². The number of anilines is 1. The van der Waals surface area contributed by atoms with Gasteiger partial charge in [-0.05, 0) is 24.1 Å². The molecule has 3 N–H and O–H groups in total. The summed E-state index contributed by atoms with van der Waals surface area (Å²) in [6.45, 7) is 2.35. The molecule has 0 bridgehead atoms. The molecule has 106 valence electrons. The Balaban J connectivity index is 2.49. The maximum absolute atomic E-state index is 12.5. The van der Waals surface area contributed by atoms with Crippen LogP contribution in [0.5, 0.6) is 0 Å². The van der Waals surface area contributed by atoms with Crippen molar-refractivity contribution in [2.24, 2.45) is 5.73 Å². The Kier molecular flexibility index (Phi) is 4.30. The summed E-state index contributed by atoms with van der Waals surface area (Å²) in [7, 11) is 0. The molecule has 0 spiro atoms. The standard InChI is InChI=1S/C14H15ClN2O2S/c1-2-8-9(15)4-3-5-10(8)17-7-6-11(18)12(13(16)20)14(17)19/h3-5,18H,2,6-7H2,1H3,(H2,16,20). The monoisotopic (exact) mass is 310 g/mol. The minimum absolute atomic E-state index is 0.0216. The molecular formula is C14H15ClN2O2S. The van der Waals surface area contributed by atoms with Crippen molar-refractivity contribution >= 4 is 40.4 Å². The fourth-order valence-electron chi connectivity index (χ4n) is 2.33. The Hall–Kier alpha value is -1.59. The molecule has 0 fully saturated rings. The van der Waals surface area contributed by atoms with Crippen LogP contribution >= 0.6 is 23.8 Å². The number of carbonyl (C=O) groups excluding carboxylic acids is 1. The first-order valence-electron chi connectivity index (χ1n) is 6.28. The van der Waals surface area contributed by atoms with E-state index >= 15 is 0 Å². The minimum Gasteiger partial charge on any atom is -0.511 e. The average Bonchev–Trinajstić information content (AvgIpc) is 2.38. The summed E-state index contributed by atoms with van der Waals surface area (Å²) in [5.74, 6) is -0.419. The number of carbonyl (C=O) groups is 1. The second-order valence-corrected chi connectivity index (χ2v) is 5.33. The molecule has 1 heterocycles. The van der Waals surface area contributed by atoms with Crippen LogP contribution in [0.1, 0.15) is 18.9 Å². The maximum Gasteiger partial charge on any atom is 0.264 e. The molecule has 0 aromatic heterocycles. The SMILES string of the molecule is CCc1c(Cl)cccc1N1CCC(O)=C(C(N)=S)C1=O. The maximum atomic E-state index is 12.5. The Morgan fingerprint density at radius 2 is 2.25 bits per heavy atom. The highest BCUT2D eigenvalue weighted by atomic mass is 35.5. The molecule has 6 heteroatoms. The molecule has 4 nitrogen and oxygen atoms in total. The average molecular weight is 311 g/mol. The normalized spacial score (nSPS) is 15.7. The van der Waals surface area contributed by atoms with Gasteiger partial charge in [0.1, 0.15) is 16.3 Å². The van der Waals surface area contributed by atoms with E-state index in [-0.39, 0.29) is 22.2 Å². The lowest BCUT2D eigenvalue weighted by atomic mass is 10.0. The van der Waals surface area contributed by atoms with Gasteiger partial charge in [0.05, 0.1) is 0 Å². The van der Waals surface area contributed by atoms with Crippen LogP contribution < -0.4 is 10.6 Å². The molecular weight excluding hydrogens is 296 g/mol. The minimum atomic E-state index is -0.377. The molecule has 1 aromatic carbocycles. The lowest BCUT2D eigenvalue weighted by Gasteiger charge is -2.30. The molecule has 20 heavy (non-hydrogen) atoms. The van der Waals surface area contributed by atoms with Crippen molar-refractivity contribution in [2.75, 3.05) is 11.4 Å². The van der Waals surface area contributed by atoms with E-state index in [2.05, 4.69) is 0 Å². The first-order valence-corrected chi connectivity index (χ1v) is 7.07. The van der Waals surface area contributed by atoms with Gasteiger partial charge in [-0.1, -0.05) is 36.8 Å². The van der Waals surface area contributed by atoms with Gasteiger partial charge < -0.3 is 15.7 Å². The van der Waals surface area contributed by atoms with Gasteiger partial charge >= 0.3 is 0 Å². The number of amides is 1. The van der Waals surface area contributed by atoms with Crippen molar-refractivity contribution in [2.45, 2.75) is 19.8 Å². The van der Waals surface area contributed by atoms with Gasteiger partial charge in [-0.25, -0.2) is 0 Å². The largest absolute Gasteiger partial charge is 0.511 e. The van der Waals surface area contributed by atoms with Gasteiger partial charge in [0.15, 0.2) is 0 Å². The third-order valence-corrected chi connectivity index (χ3v) is 3.86. The van der Waals surface area contributed by atoms with Crippen molar-refractivity contribution in [3.63, 3.8) is 0 Å². The van der Waals surface area contributed by atoms with Gasteiger partial charge in [0, 0.05) is 23.7 Å². The molecule has 0 saturated heterocycles. The zero-order chi connectivity index (χ0) is 14.9. The van der Waals surface area contributed by atoms with Crippen molar-refractivity contribution in [3.05, 3.63) is 40.1 Å². The summed E-state index contributed by atoms with van der Waals surface area (Å²) in [5.41, 5.74) is 7.19. The molecule has 1 amide bonds. The number of benzene rings is 1. The van der Waals surface area contributed by atoms with E-state index in [4.69, 9.17) is 29.6 Å². The predicted molar refractivity (Wildman–Crippen MR) is 84.2 cm³/mol. The summed E-state index contributed by atoms with van der Waals surface area (Å²) in [4.78, 5) is 13.9. The molecule has 0 radical (unpaired) electrons. The van der Waals surface area contributed by atoms with E-state index in [0.717, 1.165) is 11.3 Å². The number of thiocarbonyl (C=S) groups is 1. The molecule has 2 rings (SSSR count). The zero-order valence-corrected chi connectivity index (χ0v) is 12.6. The highest BCUT2D eigenvalue weighted by Crippen LogP contribution is 2.31. The van der Waals surface area contributed by atoms with Crippen LogP contribution in [0.3, 0.4) is 0 Å². The fraction of sp³-hybridized carbons (Fsp3) is 0.286. The Morgan fingerprint density at radius 3 is 2.85 bits per heavy atom. The summed E-state index contributed by atoms with van der Waals surface area (Å²) in [5, 5.41) is 10.4. The Bertz CT molecular complexity index is 613. The number of hydrogen-bond acceptors (Lipinski definition) is 3. The molecule has 0 unspecified atom stereocenters. The lowest BCUT2D eigenvalue weighted by Crippen LogP contribution is -2.41. The Labute approximate surface area is 127 Å². The second-order valence-electron chi connectivity index (χ2n) is 4.48. The topological polar surface area (TPSA) is 66.6 Å². The molecule has 1 aliphatic rings. The van der Waals surface area contributed by atoms with Gasteiger partial charge in [0.2, 0.25) is 0 Å². The van der Waals surface area contributed by atoms with Crippen molar-refractivity contribution in [3.8, 4) is 0 Å². The third-order valence-electron chi connectivity index (χ3n) is 3.30. The first-order chi connectivity index (χ1) is 9.47. The van der Waals surface area contributed by atoms with Crippen LogP contribution in [0.2, 0.25) is 5.02 Å². The first kappa shape index (κ1) is 14.8. The predicted octanol–water partition coefficient (Wildman–Crippen LogP) is 2.74. The van der Waals surface area contributed by atoms with Gasteiger partial charge in [-0.15, -0.1) is 0 Å². The van der Waals surface area contributed by atoms with E-state index in [1.54, 1.807) is 17.0 Å². The van der Waals surface area contributed by atoms with Crippen molar-refractivity contribution < 1.29 is 9.90 Å². The van der Waals surface area contributed by atoms with Crippen molar-refractivity contribution in [1.29, 1.82) is 0 Å². The number of rotatable bonds is 3. The van der Waals surface area contributed by atoms with Gasteiger partial charge in [-0.2, -0.15) is 0 Å². The van der Waals surface area contributed by atoms with Crippen LogP contribution in [0.4, 0.5) is 5.69 Å². The van der Waals surface area contributed by atoms with E-state index in [0.29, 0.717) is 24.4 Å². The van der Waals surface area contributed by atoms with Gasteiger partial charge in [-0.3, -0.25) is 4.79 Å². The van der Waals surface area contributed by atoms with E-state index < -0.39 is 0 Å². The molecule has 1 aliphatic heterocycles. The molecule has 0 atom stereocenters. The smallest absolute Gasteiger partial charge is 0.264 e.